The monoisotopic (exact) mass is 281 g/mol. The van der Waals surface area contributed by atoms with Crippen molar-refractivity contribution in [3.63, 3.8) is 0 Å². The van der Waals surface area contributed by atoms with E-state index in [1.807, 2.05) is 13.8 Å². The Hall–Kier alpha value is -1.95. The van der Waals surface area contributed by atoms with Crippen molar-refractivity contribution in [2.45, 2.75) is 33.2 Å². The molecule has 2 atom stereocenters. The number of anilines is 2. The van der Waals surface area contributed by atoms with Crippen LogP contribution in [0, 0.1) is 11.7 Å². The number of nitrogens with two attached hydrogens (primary N) is 1. The molecule has 0 spiro atoms. The number of hydrogen-bond donors (Lipinski definition) is 3. The van der Waals surface area contributed by atoms with E-state index in [9.17, 15) is 14.0 Å². The zero-order chi connectivity index (χ0) is 15.3. The summed E-state index contributed by atoms with van der Waals surface area (Å²) in [5.74, 6) is -1.30. The van der Waals surface area contributed by atoms with Crippen LogP contribution in [-0.4, -0.2) is 17.9 Å². The Balaban J connectivity index is 2.85. The van der Waals surface area contributed by atoms with Crippen molar-refractivity contribution in [1.29, 1.82) is 0 Å². The summed E-state index contributed by atoms with van der Waals surface area (Å²) in [6.07, 6.45) is 0.753. The zero-order valence-electron chi connectivity index (χ0n) is 11.9. The van der Waals surface area contributed by atoms with Gasteiger partial charge in [0, 0.05) is 12.6 Å². The smallest absolute Gasteiger partial charge is 0.241 e. The number of amides is 2. The third kappa shape index (κ3) is 4.31. The minimum Gasteiger partial charge on any atom is -0.326 e. The minimum absolute atomic E-state index is 0.00000283. The van der Waals surface area contributed by atoms with Gasteiger partial charge in [-0.25, -0.2) is 4.39 Å². The Kier molecular flexibility index (Phi) is 5.64. The van der Waals surface area contributed by atoms with E-state index >= 15 is 0 Å². The molecule has 110 valence electrons. The average Bonchev–Trinajstić information content (AvgIpc) is 2.40. The van der Waals surface area contributed by atoms with Crippen LogP contribution in [0.25, 0.3) is 0 Å². The van der Waals surface area contributed by atoms with Gasteiger partial charge < -0.3 is 16.4 Å². The van der Waals surface area contributed by atoms with Crippen molar-refractivity contribution in [3.8, 4) is 0 Å². The quantitative estimate of drug-likeness (QED) is 0.772. The highest BCUT2D eigenvalue weighted by Crippen LogP contribution is 2.20. The molecule has 1 rings (SSSR count). The number of nitrogens with one attached hydrogen (secondary N) is 2. The summed E-state index contributed by atoms with van der Waals surface area (Å²) in [5.41, 5.74) is 6.19. The first-order valence-electron chi connectivity index (χ1n) is 6.48. The molecule has 0 heterocycles. The van der Waals surface area contributed by atoms with Gasteiger partial charge in [0.15, 0.2) is 0 Å². The summed E-state index contributed by atoms with van der Waals surface area (Å²) in [7, 11) is 0. The van der Waals surface area contributed by atoms with Gasteiger partial charge in [0.25, 0.3) is 0 Å². The highest BCUT2D eigenvalue weighted by Gasteiger charge is 2.20. The van der Waals surface area contributed by atoms with E-state index in [1.54, 1.807) is 0 Å². The first kappa shape index (κ1) is 16.1. The van der Waals surface area contributed by atoms with Gasteiger partial charge in [-0.2, -0.15) is 0 Å². The molecule has 20 heavy (non-hydrogen) atoms. The number of halogens is 1. The van der Waals surface area contributed by atoms with Crippen LogP contribution >= 0.6 is 0 Å². The third-order valence-electron chi connectivity index (χ3n) is 3.10. The molecule has 6 heteroatoms. The fraction of sp³-hybridized carbons (Fsp3) is 0.429. The number of carbonyl (C=O) groups is 2. The van der Waals surface area contributed by atoms with E-state index in [0.717, 1.165) is 6.42 Å². The van der Waals surface area contributed by atoms with Crippen LogP contribution < -0.4 is 16.4 Å². The van der Waals surface area contributed by atoms with Gasteiger partial charge in [-0.05, 0) is 24.1 Å². The normalized spacial score (nSPS) is 13.4. The molecule has 0 aromatic heterocycles. The molecule has 0 saturated heterocycles. The number of carbonyl (C=O) groups excluding carboxylic acids is 2. The zero-order valence-corrected chi connectivity index (χ0v) is 11.9. The molecule has 0 radical (unpaired) electrons. The lowest BCUT2D eigenvalue weighted by molar-refractivity contribution is -0.118. The lowest BCUT2D eigenvalue weighted by atomic mass is 9.99. The van der Waals surface area contributed by atoms with Crippen molar-refractivity contribution in [2.24, 2.45) is 11.7 Å². The molecule has 1 aromatic carbocycles. The van der Waals surface area contributed by atoms with Crippen LogP contribution in [-0.2, 0) is 9.59 Å². The van der Waals surface area contributed by atoms with E-state index in [1.165, 1.54) is 25.1 Å². The van der Waals surface area contributed by atoms with Crippen molar-refractivity contribution < 1.29 is 14.0 Å². The average molecular weight is 281 g/mol. The Bertz CT molecular complexity index is 505. The molecule has 0 aliphatic carbocycles. The molecule has 0 saturated carbocycles. The van der Waals surface area contributed by atoms with Crippen LogP contribution in [0.5, 0.6) is 0 Å². The molecule has 1 unspecified atom stereocenters. The van der Waals surface area contributed by atoms with Gasteiger partial charge in [0.2, 0.25) is 11.8 Å². The van der Waals surface area contributed by atoms with E-state index in [4.69, 9.17) is 5.73 Å². The van der Waals surface area contributed by atoms with Gasteiger partial charge in [0.05, 0.1) is 11.7 Å². The van der Waals surface area contributed by atoms with Crippen molar-refractivity contribution in [3.05, 3.63) is 24.0 Å². The molecule has 1 aromatic rings. The molecular formula is C14H20FN3O2. The number of benzene rings is 1. The fourth-order valence-corrected chi connectivity index (χ4v) is 1.63. The summed E-state index contributed by atoms with van der Waals surface area (Å²) >= 11 is 0. The molecular weight excluding hydrogens is 261 g/mol. The number of rotatable bonds is 5. The van der Waals surface area contributed by atoms with Gasteiger partial charge >= 0.3 is 0 Å². The lowest BCUT2D eigenvalue weighted by Gasteiger charge is -2.18. The van der Waals surface area contributed by atoms with Gasteiger partial charge in [-0.1, -0.05) is 20.3 Å². The summed E-state index contributed by atoms with van der Waals surface area (Å²) in [5, 5.41) is 4.97. The molecule has 2 amide bonds. The van der Waals surface area contributed by atoms with Crippen LogP contribution in [0.4, 0.5) is 15.8 Å². The molecule has 0 aliphatic heterocycles. The molecule has 0 fully saturated rings. The van der Waals surface area contributed by atoms with Gasteiger partial charge in [-0.3, -0.25) is 9.59 Å². The Morgan fingerprint density at radius 2 is 2.00 bits per heavy atom. The van der Waals surface area contributed by atoms with Crippen molar-refractivity contribution >= 4 is 23.2 Å². The number of hydrogen-bond acceptors (Lipinski definition) is 3. The van der Waals surface area contributed by atoms with E-state index < -0.39 is 17.8 Å². The predicted octanol–water partition coefficient (Wildman–Crippen LogP) is 2.10. The maximum atomic E-state index is 13.6. The maximum Gasteiger partial charge on any atom is 0.241 e. The lowest BCUT2D eigenvalue weighted by Crippen LogP contribution is -2.40. The first-order valence-corrected chi connectivity index (χ1v) is 6.48. The summed E-state index contributed by atoms with van der Waals surface area (Å²) in [4.78, 5) is 22.9. The van der Waals surface area contributed by atoms with Crippen LogP contribution in [0.2, 0.25) is 0 Å². The molecule has 5 nitrogen and oxygen atoms in total. The maximum absolute atomic E-state index is 13.6. The van der Waals surface area contributed by atoms with Crippen molar-refractivity contribution in [1.82, 2.24) is 0 Å². The molecule has 0 bridgehead atoms. The Morgan fingerprint density at radius 3 is 2.55 bits per heavy atom. The van der Waals surface area contributed by atoms with E-state index in [-0.39, 0.29) is 17.5 Å². The van der Waals surface area contributed by atoms with Gasteiger partial charge in [-0.15, -0.1) is 0 Å². The predicted molar refractivity (Wildman–Crippen MR) is 76.8 cm³/mol. The third-order valence-corrected chi connectivity index (χ3v) is 3.10. The highest BCUT2D eigenvalue weighted by atomic mass is 19.1. The fourth-order valence-electron chi connectivity index (χ4n) is 1.63. The minimum atomic E-state index is -0.705. The Morgan fingerprint density at radius 1 is 1.35 bits per heavy atom. The van der Waals surface area contributed by atoms with Crippen molar-refractivity contribution in [2.75, 3.05) is 10.6 Å². The summed E-state index contributed by atoms with van der Waals surface area (Å²) in [6.45, 7) is 5.13. The summed E-state index contributed by atoms with van der Waals surface area (Å²) < 4.78 is 13.6. The molecule has 4 N–H and O–H groups in total. The van der Waals surface area contributed by atoms with Crippen LogP contribution in [0.1, 0.15) is 27.2 Å². The first-order chi connectivity index (χ1) is 9.35. The highest BCUT2D eigenvalue weighted by molar-refractivity contribution is 5.96. The van der Waals surface area contributed by atoms with E-state index in [2.05, 4.69) is 10.6 Å². The molecule has 0 aliphatic rings. The van der Waals surface area contributed by atoms with Gasteiger partial charge in [0.1, 0.15) is 5.82 Å². The topological polar surface area (TPSA) is 84.2 Å². The second-order valence-electron chi connectivity index (χ2n) is 4.78. The summed E-state index contributed by atoms with van der Waals surface area (Å²) in [6, 6.07) is 3.25. The largest absolute Gasteiger partial charge is 0.326 e. The second kappa shape index (κ2) is 7.00. The second-order valence-corrected chi connectivity index (χ2v) is 4.78. The van der Waals surface area contributed by atoms with Crippen LogP contribution in [0.3, 0.4) is 0 Å². The van der Waals surface area contributed by atoms with E-state index in [0.29, 0.717) is 5.69 Å². The van der Waals surface area contributed by atoms with Crippen LogP contribution in [0.15, 0.2) is 18.2 Å². The standard InChI is InChI=1S/C14H20FN3O2/c1-4-8(2)13(16)14(20)18-12-7-10(17-9(3)19)5-6-11(12)15/h5-8,13H,4,16H2,1-3H3,(H,17,19)(H,18,20)/t8?,13-/m0/s1. The SMILES string of the molecule is CCC(C)[C@H](N)C(=O)Nc1cc(NC(C)=O)ccc1F. The Labute approximate surface area is 117 Å².